The molecule has 2 atom stereocenters. The molecule has 3 aliphatic carbocycles. The number of carbonyl (C=O) groups excluding carboxylic acids is 1. The molecule has 2 heterocycles. The number of carbonyl (C=O) groups is 1. The Labute approximate surface area is 195 Å². The standard InChI is InChI=1S/C21H20ClF4N3O5/c22-13-3-12-15(30)5-17(34-16(12)4-14(13)23)18(31)28-19-8-20(9-19,10-19)29-7-11(6-27-29)32-1-2-33-21(24,25)26/h3-4,6-7,15,17,30H,1-2,5,8-10H2,(H,28,31)/t15-,17+,19?,20?/m1/s1. The van der Waals surface area contributed by atoms with Gasteiger partial charge < -0.3 is 19.9 Å². The van der Waals surface area contributed by atoms with Crippen molar-refractivity contribution in [2.75, 3.05) is 13.2 Å². The molecule has 2 N–H and O–H groups in total. The summed E-state index contributed by atoms with van der Waals surface area (Å²) < 4.78 is 66.0. The smallest absolute Gasteiger partial charge is 0.488 e. The Morgan fingerprint density at radius 3 is 2.76 bits per heavy atom. The van der Waals surface area contributed by atoms with Crippen LogP contribution in [0, 0.1) is 5.82 Å². The lowest BCUT2D eigenvalue weighted by atomic mass is 9.44. The first kappa shape index (κ1) is 23.2. The third-order valence-corrected chi connectivity index (χ3v) is 6.75. The van der Waals surface area contributed by atoms with Gasteiger partial charge in [-0.2, -0.15) is 5.10 Å². The molecular formula is C21H20ClF4N3O5. The van der Waals surface area contributed by atoms with Crippen LogP contribution in [0.2, 0.25) is 5.02 Å². The monoisotopic (exact) mass is 505 g/mol. The molecule has 1 amide bonds. The summed E-state index contributed by atoms with van der Waals surface area (Å²) in [6.07, 6.45) is -1.82. The van der Waals surface area contributed by atoms with E-state index in [1.165, 1.54) is 12.3 Å². The van der Waals surface area contributed by atoms with E-state index in [4.69, 9.17) is 21.1 Å². The minimum absolute atomic E-state index is 0.0138. The van der Waals surface area contributed by atoms with Crippen molar-refractivity contribution in [2.24, 2.45) is 0 Å². The average molecular weight is 506 g/mol. The molecule has 0 unspecified atom stereocenters. The maximum Gasteiger partial charge on any atom is 0.522 e. The number of hydrogen-bond acceptors (Lipinski definition) is 6. The molecular weight excluding hydrogens is 486 g/mol. The largest absolute Gasteiger partial charge is 0.522 e. The fraction of sp³-hybridized carbons (Fsp3) is 0.524. The summed E-state index contributed by atoms with van der Waals surface area (Å²) in [6, 6.07) is 2.35. The Bertz CT molecular complexity index is 1100. The van der Waals surface area contributed by atoms with Crippen molar-refractivity contribution in [3.05, 3.63) is 40.9 Å². The van der Waals surface area contributed by atoms with Gasteiger partial charge >= 0.3 is 6.36 Å². The van der Waals surface area contributed by atoms with Gasteiger partial charge in [0.25, 0.3) is 5.91 Å². The first-order chi connectivity index (χ1) is 16.0. The lowest BCUT2D eigenvalue weighted by molar-refractivity contribution is -0.325. The summed E-state index contributed by atoms with van der Waals surface area (Å²) >= 11 is 5.76. The summed E-state index contributed by atoms with van der Waals surface area (Å²) in [7, 11) is 0. The van der Waals surface area contributed by atoms with Crippen molar-refractivity contribution in [2.45, 2.75) is 55.3 Å². The molecule has 2 aromatic rings. The van der Waals surface area contributed by atoms with Crippen LogP contribution >= 0.6 is 11.6 Å². The quantitative estimate of drug-likeness (QED) is 0.443. The van der Waals surface area contributed by atoms with E-state index in [9.17, 15) is 27.5 Å². The number of benzene rings is 1. The van der Waals surface area contributed by atoms with Crippen LogP contribution in [0.5, 0.6) is 11.5 Å². The number of alkyl halides is 3. The zero-order valence-corrected chi connectivity index (χ0v) is 18.3. The van der Waals surface area contributed by atoms with Crippen LogP contribution in [0.15, 0.2) is 24.5 Å². The SMILES string of the molecule is O=C(NC12CC(n3cc(OCCOC(F)(F)F)cn3)(C1)C2)[C@@H]1C[C@@H](O)c2cc(Cl)c(F)cc2O1. The van der Waals surface area contributed by atoms with Gasteiger partial charge in [0, 0.05) is 23.6 Å². The van der Waals surface area contributed by atoms with Crippen LogP contribution < -0.4 is 14.8 Å². The normalized spacial score (nSPS) is 29.4. The molecule has 3 saturated carbocycles. The fourth-order valence-electron chi connectivity index (χ4n) is 5.01. The minimum Gasteiger partial charge on any atom is -0.488 e. The molecule has 0 spiro atoms. The van der Waals surface area contributed by atoms with Crippen LogP contribution in [0.4, 0.5) is 17.6 Å². The first-order valence-corrected chi connectivity index (χ1v) is 10.9. The second kappa shape index (κ2) is 7.99. The molecule has 0 radical (unpaired) electrons. The Kier molecular flexibility index (Phi) is 5.45. The molecule has 8 nitrogen and oxygen atoms in total. The van der Waals surface area contributed by atoms with E-state index in [1.54, 1.807) is 10.9 Å². The summed E-state index contributed by atoms with van der Waals surface area (Å²) in [5.74, 6) is -0.697. The molecule has 13 heteroatoms. The number of aliphatic hydroxyl groups excluding tert-OH is 1. The number of ether oxygens (including phenoxy) is 3. The van der Waals surface area contributed by atoms with Crippen molar-refractivity contribution in [3.8, 4) is 11.5 Å². The number of hydrogen-bond donors (Lipinski definition) is 2. The summed E-state index contributed by atoms with van der Waals surface area (Å²) in [6.45, 7) is -0.901. The summed E-state index contributed by atoms with van der Waals surface area (Å²) in [5, 5.41) is 17.4. The molecule has 1 aliphatic heterocycles. The van der Waals surface area contributed by atoms with Crippen molar-refractivity contribution in [1.82, 2.24) is 15.1 Å². The van der Waals surface area contributed by atoms with E-state index in [-0.39, 0.29) is 29.3 Å². The second-order valence-electron chi connectivity index (χ2n) is 8.95. The first-order valence-electron chi connectivity index (χ1n) is 10.5. The van der Waals surface area contributed by atoms with Crippen molar-refractivity contribution >= 4 is 17.5 Å². The van der Waals surface area contributed by atoms with Gasteiger partial charge in [0.2, 0.25) is 0 Å². The zero-order valence-electron chi connectivity index (χ0n) is 17.6. The molecule has 4 aliphatic rings. The summed E-state index contributed by atoms with van der Waals surface area (Å²) in [4.78, 5) is 12.8. The average Bonchev–Trinajstić information content (AvgIpc) is 3.16. The van der Waals surface area contributed by atoms with Gasteiger partial charge in [-0.3, -0.25) is 14.2 Å². The Balaban J connectivity index is 1.13. The highest BCUT2D eigenvalue weighted by Crippen LogP contribution is 2.65. The highest BCUT2D eigenvalue weighted by atomic mass is 35.5. The topological polar surface area (TPSA) is 94.8 Å². The van der Waals surface area contributed by atoms with Crippen LogP contribution in [0.25, 0.3) is 0 Å². The van der Waals surface area contributed by atoms with Crippen LogP contribution in [-0.4, -0.2) is 52.0 Å². The van der Waals surface area contributed by atoms with Gasteiger partial charge in [-0.15, -0.1) is 13.2 Å². The molecule has 184 valence electrons. The van der Waals surface area contributed by atoms with E-state index < -0.39 is 42.4 Å². The van der Waals surface area contributed by atoms with Gasteiger partial charge in [0.05, 0.1) is 35.7 Å². The lowest BCUT2D eigenvalue weighted by Gasteiger charge is -2.70. The second-order valence-corrected chi connectivity index (χ2v) is 9.36. The van der Waals surface area contributed by atoms with Gasteiger partial charge in [-0.1, -0.05) is 11.6 Å². The minimum atomic E-state index is -4.70. The number of rotatable bonds is 7. The van der Waals surface area contributed by atoms with E-state index >= 15 is 0 Å². The predicted molar refractivity (Wildman–Crippen MR) is 108 cm³/mol. The fourth-order valence-corrected chi connectivity index (χ4v) is 5.18. The highest BCUT2D eigenvalue weighted by molar-refractivity contribution is 6.30. The van der Waals surface area contributed by atoms with Crippen molar-refractivity contribution in [1.29, 1.82) is 0 Å². The number of amides is 1. The number of halogens is 5. The third-order valence-electron chi connectivity index (χ3n) is 6.46. The molecule has 34 heavy (non-hydrogen) atoms. The molecule has 6 rings (SSSR count). The maximum atomic E-state index is 13.8. The molecule has 1 aromatic carbocycles. The number of aliphatic hydroxyl groups is 1. The van der Waals surface area contributed by atoms with E-state index in [0.29, 0.717) is 30.6 Å². The van der Waals surface area contributed by atoms with E-state index in [2.05, 4.69) is 15.2 Å². The maximum absolute atomic E-state index is 13.8. The highest BCUT2D eigenvalue weighted by Gasteiger charge is 2.70. The number of fused-ring (bicyclic) bond motifs is 1. The van der Waals surface area contributed by atoms with E-state index in [1.807, 2.05) is 0 Å². The Morgan fingerprint density at radius 1 is 1.32 bits per heavy atom. The number of nitrogens with one attached hydrogen (secondary N) is 1. The van der Waals surface area contributed by atoms with Crippen LogP contribution in [-0.2, 0) is 15.1 Å². The number of aromatic nitrogens is 2. The third kappa shape index (κ3) is 4.18. The lowest BCUT2D eigenvalue weighted by Crippen LogP contribution is -2.79. The van der Waals surface area contributed by atoms with Gasteiger partial charge in [0.15, 0.2) is 11.9 Å². The molecule has 0 saturated heterocycles. The zero-order chi connectivity index (χ0) is 24.3. The van der Waals surface area contributed by atoms with Crippen molar-refractivity contribution in [3.63, 3.8) is 0 Å². The Morgan fingerprint density at radius 2 is 2.06 bits per heavy atom. The molecule has 3 fully saturated rings. The van der Waals surface area contributed by atoms with Crippen LogP contribution in [0.1, 0.15) is 37.4 Å². The van der Waals surface area contributed by atoms with Crippen LogP contribution in [0.3, 0.4) is 0 Å². The molecule has 2 bridgehead atoms. The predicted octanol–water partition coefficient (Wildman–Crippen LogP) is 3.22. The van der Waals surface area contributed by atoms with Gasteiger partial charge in [0.1, 0.15) is 18.2 Å². The van der Waals surface area contributed by atoms with E-state index in [0.717, 1.165) is 6.07 Å². The summed E-state index contributed by atoms with van der Waals surface area (Å²) in [5.41, 5.74) is -0.386. The van der Waals surface area contributed by atoms with Crippen molar-refractivity contribution < 1.29 is 41.7 Å². The number of nitrogens with zero attached hydrogens (tertiary/aromatic N) is 2. The Hall–Kier alpha value is -2.57. The van der Waals surface area contributed by atoms with Gasteiger partial charge in [-0.25, -0.2) is 4.39 Å². The molecule has 1 aromatic heterocycles. The van der Waals surface area contributed by atoms with Gasteiger partial charge in [-0.05, 0) is 25.3 Å².